The molecule has 5 heteroatoms. The molecule has 0 aliphatic carbocycles. The monoisotopic (exact) mass is 289 g/mol. The molecule has 3 rings (SSSR count). The van der Waals surface area contributed by atoms with Crippen LogP contribution < -0.4 is 5.73 Å². The van der Waals surface area contributed by atoms with Gasteiger partial charge in [-0.25, -0.2) is 0 Å². The summed E-state index contributed by atoms with van der Waals surface area (Å²) < 4.78 is 6.13. The molecule has 114 valence electrons. The predicted octanol–water partition coefficient (Wildman–Crippen LogP) is 0.980. The lowest BCUT2D eigenvalue weighted by Crippen LogP contribution is -2.48. The first-order valence-electron chi connectivity index (χ1n) is 7.72. The van der Waals surface area contributed by atoms with Gasteiger partial charge in [0, 0.05) is 25.0 Å². The average molecular weight is 289 g/mol. The number of hydrogen-bond acceptors (Lipinski definition) is 4. The molecule has 0 bridgehead atoms. The summed E-state index contributed by atoms with van der Waals surface area (Å²) in [7, 11) is 0. The van der Waals surface area contributed by atoms with Gasteiger partial charge in [-0.3, -0.25) is 9.78 Å². The van der Waals surface area contributed by atoms with Crippen LogP contribution in [0.25, 0.3) is 0 Å². The largest absolute Gasteiger partial charge is 0.375 e. The molecule has 2 N–H and O–H groups in total. The van der Waals surface area contributed by atoms with Gasteiger partial charge in [-0.2, -0.15) is 0 Å². The molecule has 1 amide bonds. The SMILES string of the molecule is NCC(=O)N1CCC2(CC1)CC(Cc1ccccn1)CO2. The zero-order chi connectivity index (χ0) is 14.7. The summed E-state index contributed by atoms with van der Waals surface area (Å²) in [6.07, 6.45) is 5.76. The summed E-state index contributed by atoms with van der Waals surface area (Å²) in [5.74, 6) is 0.588. The summed E-state index contributed by atoms with van der Waals surface area (Å²) in [6, 6.07) is 6.05. The highest BCUT2D eigenvalue weighted by Crippen LogP contribution is 2.39. The number of carbonyl (C=O) groups is 1. The highest BCUT2D eigenvalue weighted by Gasteiger charge is 2.43. The Hall–Kier alpha value is -1.46. The Balaban J connectivity index is 1.54. The Morgan fingerprint density at radius 3 is 2.90 bits per heavy atom. The molecule has 1 aromatic heterocycles. The lowest BCUT2D eigenvalue weighted by molar-refractivity contribution is -0.134. The number of pyridine rings is 1. The van der Waals surface area contributed by atoms with Crippen LogP contribution >= 0.6 is 0 Å². The molecular weight excluding hydrogens is 266 g/mol. The molecule has 0 aromatic carbocycles. The Morgan fingerprint density at radius 1 is 1.43 bits per heavy atom. The van der Waals surface area contributed by atoms with E-state index in [2.05, 4.69) is 11.1 Å². The number of rotatable bonds is 3. The average Bonchev–Trinajstić information content (AvgIpc) is 2.91. The van der Waals surface area contributed by atoms with Gasteiger partial charge in [-0.05, 0) is 43.7 Å². The third-order valence-corrected chi connectivity index (χ3v) is 4.71. The lowest BCUT2D eigenvalue weighted by Gasteiger charge is -2.38. The van der Waals surface area contributed by atoms with Gasteiger partial charge in [0.2, 0.25) is 5.91 Å². The van der Waals surface area contributed by atoms with E-state index in [9.17, 15) is 4.79 Å². The maximum Gasteiger partial charge on any atom is 0.236 e. The van der Waals surface area contributed by atoms with Gasteiger partial charge in [0.1, 0.15) is 0 Å². The molecular formula is C16H23N3O2. The lowest BCUT2D eigenvalue weighted by atomic mass is 9.84. The van der Waals surface area contributed by atoms with Crippen molar-refractivity contribution in [2.24, 2.45) is 11.7 Å². The molecule has 1 atom stereocenters. The Kier molecular flexibility index (Phi) is 4.22. The Morgan fingerprint density at radius 2 is 2.24 bits per heavy atom. The van der Waals surface area contributed by atoms with Crippen molar-refractivity contribution in [3.63, 3.8) is 0 Å². The van der Waals surface area contributed by atoms with Gasteiger partial charge >= 0.3 is 0 Å². The van der Waals surface area contributed by atoms with E-state index in [0.717, 1.165) is 51.1 Å². The fraction of sp³-hybridized carbons (Fsp3) is 0.625. The van der Waals surface area contributed by atoms with E-state index in [4.69, 9.17) is 10.5 Å². The molecule has 21 heavy (non-hydrogen) atoms. The molecule has 0 radical (unpaired) electrons. The summed E-state index contributed by atoms with van der Waals surface area (Å²) >= 11 is 0. The Bertz CT molecular complexity index is 484. The summed E-state index contributed by atoms with van der Waals surface area (Å²) in [5, 5.41) is 0. The number of likely N-dealkylation sites (tertiary alicyclic amines) is 1. The standard InChI is InChI=1S/C16H23N3O2/c17-11-15(20)19-7-4-16(5-8-19)10-13(12-21-16)9-14-3-1-2-6-18-14/h1-3,6,13H,4-5,7-12,17H2. The molecule has 2 fully saturated rings. The minimum absolute atomic E-state index is 0.0230. The zero-order valence-corrected chi connectivity index (χ0v) is 12.3. The van der Waals surface area contributed by atoms with Crippen molar-refractivity contribution >= 4 is 5.91 Å². The summed E-state index contributed by atoms with van der Waals surface area (Å²) in [4.78, 5) is 17.9. The van der Waals surface area contributed by atoms with Crippen LogP contribution in [0.2, 0.25) is 0 Å². The third kappa shape index (κ3) is 3.24. The highest BCUT2D eigenvalue weighted by atomic mass is 16.5. The molecule has 1 spiro atoms. The topological polar surface area (TPSA) is 68.5 Å². The number of aromatic nitrogens is 1. The van der Waals surface area contributed by atoms with Gasteiger partial charge in [0.15, 0.2) is 0 Å². The maximum absolute atomic E-state index is 11.6. The molecule has 1 unspecified atom stereocenters. The predicted molar refractivity (Wildman–Crippen MR) is 79.6 cm³/mol. The summed E-state index contributed by atoms with van der Waals surface area (Å²) in [6.45, 7) is 2.45. The van der Waals surface area contributed by atoms with Gasteiger partial charge in [0.05, 0.1) is 18.8 Å². The molecule has 2 saturated heterocycles. The van der Waals surface area contributed by atoms with Crippen LogP contribution in [0.15, 0.2) is 24.4 Å². The molecule has 2 aliphatic heterocycles. The van der Waals surface area contributed by atoms with Gasteiger partial charge < -0.3 is 15.4 Å². The first-order valence-corrected chi connectivity index (χ1v) is 7.72. The molecule has 1 aromatic rings. The van der Waals surface area contributed by atoms with E-state index in [-0.39, 0.29) is 18.1 Å². The van der Waals surface area contributed by atoms with Crippen molar-refractivity contribution in [2.75, 3.05) is 26.2 Å². The van der Waals surface area contributed by atoms with Crippen molar-refractivity contribution in [2.45, 2.75) is 31.3 Å². The molecule has 3 heterocycles. The van der Waals surface area contributed by atoms with E-state index in [0.29, 0.717) is 5.92 Å². The van der Waals surface area contributed by atoms with Gasteiger partial charge in [-0.15, -0.1) is 0 Å². The van der Waals surface area contributed by atoms with Crippen molar-refractivity contribution < 1.29 is 9.53 Å². The second kappa shape index (κ2) is 6.12. The zero-order valence-electron chi connectivity index (χ0n) is 12.3. The normalized spacial score (nSPS) is 24.4. The fourth-order valence-corrected chi connectivity index (χ4v) is 3.53. The van der Waals surface area contributed by atoms with E-state index in [1.165, 1.54) is 0 Å². The number of nitrogens with zero attached hydrogens (tertiary/aromatic N) is 2. The van der Waals surface area contributed by atoms with Crippen molar-refractivity contribution in [1.29, 1.82) is 0 Å². The molecule has 2 aliphatic rings. The van der Waals surface area contributed by atoms with Crippen molar-refractivity contribution in [3.8, 4) is 0 Å². The van der Waals surface area contributed by atoms with E-state index < -0.39 is 0 Å². The highest BCUT2D eigenvalue weighted by molar-refractivity contribution is 5.78. The van der Waals surface area contributed by atoms with Crippen molar-refractivity contribution in [3.05, 3.63) is 30.1 Å². The number of ether oxygens (including phenoxy) is 1. The van der Waals surface area contributed by atoms with Crippen LogP contribution in [0.3, 0.4) is 0 Å². The van der Waals surface area contributed by atoms with Gasteiger partial charge in [0.25, 0.3) is 0 Å². The van der Waals surface area contributed by atoms with Crippen LogP contribution in [0.4, 0.5) is 0 Å². The van der Waals surface area contributed by atoms with Crippen LogP contribution in [-0.4, -0.2) is 47.6 Å². The second-order valence-electron chi connectivity index (χ2n) is 6.17. The van der Waals surface area contributed by atoms with Crippen LogP contribution in [0.5, 0.6) is 0 Å². The smallest absolute Gasteiger partial charge is 0.236 e. The van der Waals surface area contributed by atoms with E-state index in [1.54, 1.807) is 0 Å². The second-order valence-corrected chi connectivity index (χ2v) is 6.17. The third-order valence-electron chi connectivity index (χ3n) is 4.71. The first kappa shape index (κ1) is 14.5. The molecule has 0 saturated carbocycles. The minimum atomic E-state index is -0.0230. The van der Waals surface area contributed by atoms with Crippen LogP contribution in [0.1, 0.15) is 25.0 Å². The number of nitrogens with two attached hydrogens (primary N) is 1. The fourth-order valence-electron chi connectivity index (χ4n) is 3.53. The maximum atomic E-state index is 11.6. The number of carbonyl (C=O) groups excluding carboxylic acids is 1. The van der Waals surface area contributed by atoms with Crippen LogP contribution in [-0.2, 0) is 16.0 Å². The van der Waals surface area contributed by atoms with Crippen molar-refractivity contribution in [1.82, 2.24) is 9.88 Å². The quantitative estimate of drug-likeness (QED) is 0.900. The Labute approximate surface area is 125 Å². The number of hydrogen-bond donors (Lipinski definition) is 1. The van der Waals surface area contributed by atoms with E-state index in [1.807, 2.05) is 23.2 Å². The van der Waals surface area contributed by atoms with Crippen LogP contribution in [0, 0.1) is 5.92 Å². The number of amides is 1. The van der Waals surface area contributed by atoms with E-state index >= 15 is 0 Å². The number of piperidine rings is 1. The molecule has 5 nitrogen and oxygen atoms in total. The first-order chi connectivity index (χ1) is 10.2. The summed E-state index contributed by atoms with van der Waals surface area (Å²) in [5.41, 5.74) is 6.54. The van der Waals surface area contributed by atoms with Gasteiger partial charge in [-0.1, -0.05) is 6.07 Å². The minimum Gasteiger partial charge on any atom is -0.375 e.